The highest BCUT2D eigenvalue weighted by atomic mass is 32.1. The summed E-state index contributed by atoms with van der Waals surface area (Å²) in [5, 5.41) is 18.8. The Bertz CT molecular complexity index is 493. The summed E-state index contributed by atoms with van der Waals surface area (Å²) in [6.07, 6.45) is 3.90. The molecule has 8 heteroatoms. The van der Waals surface area contributed by atoms with E-state index in [1.54, 1.807) is 0 Å². The van der Waals surface area contributed by atoms with Crippen LogP contribution in [0.3, 0.4) is 0 Å². The van der Waals surface area contributed by atoms with Gasteiger partial charge in [-0.3, -0.25) is 4.79 Å². The number of aromatic nitrogens is 2. The van der Waals surface area contributed by atoms with Crippen molar-refractivity contribution in [1.82, 2.24) is 14.9 Å². The third-order valence-corrected chi connectivity index (χ3v) is 4.27. The number of hydrogen-bond donors (Lipinski definition) is 3. The Morgan fingerprint density at radius 2 is 2.26 bits per heavy atom. The fraction of sp³-hybridized carbons (Fsp3) is 0.636. The monoisotopic (exact) mass is 283 g/mol. The summed E-state index contributed by atoms with van der Waals surface area (Å²) in [7, 11) is 0. The molecule has 1 fully saturated rings. The van der Waals surface area contributed by atoms with Gasteiger partial charge in [-0.15, -0.1) is 5.10 Å². The maximum atomic E-state index is 12.3. The molecule has 0 bridgehead atoms. The summed E-state index contributed by atoms with van der Waals surface area (Å²) in [4.78, 5) is 12.8. The van der Waals surface area contributed by atoms with E-state index in [0.29, 0.717) is 29.8 Å². The van der Waals surface area contributed by atoms with Gasteiger partial charge in [-0.2, -0.15) is 0 Å². The van der Waals surface area contributed by atoms with Crippen molar-refractivity contribution in [3.63, 3.8) is 0 Å². The van der Waals surface area contributed by atoms with Gasteiger partial charge < -0.3 is 16.3 Å². The predicted octanol–water partition coefficient (Wildman–Crippen LogP) is 0.889. The first-order valence-electron chi connectivity index (χ1n) is 6.24. The van der Waals surface area contributed by atoms with E-state index in [9.17, 15) is 4.79 Å². The second-order valence-electron chi connectivity index (χ2n) is 4.63. The maximum Gasteiger partial charge on any atom is 0.265 e. The topological polar surface area (TPSA) is 113 Å². The number of amidine groups is 1. The van der Waals surface area contributed by atoms with Crippen LogP contribution in [0.2, 0.25) is 0 Å². The molecule has 0 atom stereocenters. The second kappa shape index (κ2) is 5.52. The molecule has 0 spiro atoms. The van der Waals surface area contributed by atoms with E-state index in [1.165, 1.54) is 0 Å². The number of nitrogens with zero attached hydrogens (tertiary/aromatic N) is 3. The molecule has 0 saturated heterocycles. The molecule has 1 amide bonds. The van der Waals surface area contributed by atoms with Crippen molar-refractivity contribution in [3.05, 3.63) is 10.6 Å². The van der Waals surface area contributed by atoms with E-state index in [0.717, 1.165) is 24.4 Å². The molecule has 1 aliphatic carbocycles. The summed E-state index contributed by atoms with van der Waals surface area (Å²) in [5.41, 5.74) is 5.68. The molecule has 1 aromatic rings. The molecular formula is C11H17N5O2S. The largest absolute Gasteiger partial charge is 0.409 e. The highest BCUT2D eigenvalue weighted by molar-refractivity contribution is 7.08. The zero-order valence-corrected chi connectivity index (χ0v) is 11.5. The van der Waals surface area contributed by atoms with E-state index in [1.807, 2.05) is 6.92 Å². The quantitative estimate of drug-likeness (QED) is 0.329. The summed E-state index contributed by atoms with van der Waals surface area (Å²) in [6.45, 7) is 1.92. The van der Waals surface area contributed by atoms with Gasteiger partial charge in [0, 0.05) is 0 Å². The normalized spacial score (nSPS) is 18.5. The van der Waals surface area contributed by atoms with Gasteiger partial charge >= 0.3 is 0 Å². The standard InChI is InChI=1S/C11H17N5O2S/c1-2-7-8(19-16-14-7)9(17)13-11(10(12)15-18)5-3-4-6-11/h18H,2-6H2,1H3,(H2,12,15)(H,13,17). The van der Waals surface area contributed by atoms with Gasteiger partial charge in [0.15, 0.2) is 5.84 Å². The minimum atomic E-state index is -0.735. The van der Waals surface area contributed by atoms with Gasteiger partial charge in [0.25, 0.3) is 5.91 Å². The number of nitrogens with two attached hydrogens (primary N) is 1. The van der Waals surface area contributed by atoms with E-state index >= 15 is 0 Å². The first kappa shape index (κ1) is 13.7. The van der Waals surface area contributed by atoms with Crippen LogP contribution in [0.1, 0.15) is 48.0 Å². The lowest BCUT2D eigenvalue weighted by Crippen LogP contribution is -2.55. The fourth-order valence-electron chi connectivity index (χ4n) is 2.41. The van der Waals surface area contributed by atoms with Crippen molar-refractivity contribution in [2.24, 2.45) is 10.9 Å². The molecular weight excluding hydrogens is 266 g/mol. The van der Waals surface area contributed by atoms with Crippen LogP contribution in [0.5, 0.6) is 0 Å². The minimum absolute atomic E-state index is 0.0638. The molecule has 7 nitrogen and oxygen atoms in total. The average molecular weight is 283 g/mol. The SMILES string of the molecule is CCc1nnsc1C(=O)NC1(C(N)=NO)CCCC1. The van der Waals surface area contributed by atoms with Crippen LogP contribution in [0.4, 0.5) is 0 Å². The Hall–Kier alpha value is -1.70. The Labute approximate surface area is 115 Å². The Balaban J connectivity index is 2.21. The van der Waals surface area contributed by atoms with Crippen LogP contribution in [0.15, 0.2) is 5.16 Å². The summed E-state index contributed by atoms with van der Waals surface area (Å²) < 4.78 is 3.80. The highest BCUT2D eigenvalue weighted by Crippen LogP contribution is 2.30. The molecule has 1 aromatic heterocycles. The van der Waals surface area contributed by atoms with Crippen molar-refractivity contribution in [2.75, 3.05) is 0 Å². The number of carbonyl (C=O) groups is 1. The van der Waals surface area contributed by atoms with E-state index in [-0.39, 0.29) is 11.7 Å². The number of nitrogens with one attached hydrogen (secondary N) is 1. The van der Waals surface area contributed by atoms with Crippen LogP contribution >= 0.6 is 11.5 Å². The van der Waals surface area contributed by atoms with Gasteiger partial charge in [0.1, 0.15) is 10.4 Å². The third-order valence-electron chi connectivity index (χ3n) is 3.50. The third kappa shape index (κ3) is 2.53. The number of hydrogen-bond acceptors (Lipinski definition) is 6. The smallest absolute Gasteiger partial charge is 0.265 e. The number of aryl methyl sites for hydroxylation is 1. The van der Waals surface area contributed by atoms with Crippen LogP contribution < -0.4 is 11.1 Å². The number of rotatable bonds is 4. The molecule has 4 N–H and O–H groups in total. The predicted molar refractivity (Wildman–Crippen MR) is 71.4 cm³/mol. The first-order chi connectivity index (χ1) is 9.13. The molecule has 1 heterocycles. The molecule has 19 heavy (non-hydrogen) atoms. The van der Waals surface area contributed by atoms with Crippen LogP contribution in [-0.2, 0) is 6.42 Å². The van der Waals surface area contributed by atoms with Crippen molar-refractivity contribution in [3.8, 4) is 0 Å². The minimum Gasteiger partial charge on any atom is -0.409 e. The van der Waals surface area contributed by atoms with Gasteiger partial charge in [0.05, 0.1) is 5.69 Å². The van der Waals surface area contributed by atoms with Gasteiger partial charge in [-0.05, 0) is 30.8 Å². The lowest BCUT2D eigenvalue weighted by Gasteiger charge is -2.28. The van der Waals surface area contributed by atoms with Gasteiger partial charge in [0.2, 0.25) is 0 Å². The molecule has 0 radical (unpaired) electrons. The zero-order valence-electron chi connectivity index (χ0n) is 10.7. The first-order valence-corrected chi connectivity index (χ1v) is 7.02. The summed E-state index contributed by atoms with van der Waals surface area (Å²) in [5.74, 6) is -0.186. The summed E-state index contributed by atoms with van der Waals surface area (Å²) in [6, 6.07) is 0. The molecule has 2 rings (SSSR count). The van der Waals surface area contributed by atoms with Crippen molar-refractivity contribution >= 4 is 23.3 Å². The Kier molecular flexibility index (Phi) is 3.98. The highest BCUT2D eigenvalue weighted by Gasteiger charge is 2.40. The molecule has 0 aromatic carbocycles. The van der Waals surface area contributed by atoms with E-state index in [4.69, 9.17) is 10.9 Å². The Morgan fingerprint density at radius 3 is 2.84 bits per heavy atom. The Morgan fingerprint density at radius 1 is 1.58 bits per heavy atom. The number of oxime groups is 1. The van der Waals surface area contributed by atoms with Crippen LogP contribution in [0.25, 0.3) is 0 Å². The maximum absolute atomic E-state index is 12.3. The van der Waals surface area contributed by atoms with E-state index in [2.05, 4.69) is 20.1 Å². The van der Waals surface area contributed by atoms with Crippen LogP contribution in [-0.4, -0.2) is 32.1 Å². The number of amides is 1. The lowest BCUT2D eigenvalue weighted by atomic mass is 9.96. The molecule has 1 aliphatic rings. The van der Waals surface area contributed by atoms with Gasteiger partial charge in [-0.1, -0.05) is 29.4 Å². The van der Waals surface area contributed by atoms with Crippen molar-refractivity contribution in [1.29, 1.82) is 0 Å². The zero-order chi connectivity index (χ0) is 13.9. The fourth-order valence-corrected chi connectivity index (χ4v) is 3.05. The lowest BCUT2D eigenvalue weighted by molar-refractivity contribution is 0.0925. The van der Waals surface area contributed by atoms with Crippen molar-refractivity contribution in [2.45, 2.75) is 44.6 Å². The van der Waals surface area contributed by atoms with E-state index < -0.39 is 5.54 Å². The molecule has 1 saturated carbocycles. The van der Waals surface area contributed by atoms with Crippen molar-refractivity contribution < 1.29 is 10.0 Å². The summed E-state index contributed by atoms with van der Waals surface area (Å²) >= 11 is 1.07. The molecule has 0 aliphatic heterocycles. The van der Waals surface area contributed by atoms with Crippen LogP contribution in [0, 0.1) is 0 Å². The molecule has 0 unspecified atom stereocenters. The molecule has 104 valence electrons. The average Bonchev–Trinajstić information content (AvgIpc) is 3.06. The van der Waals surface area contributed by atoms with Gasteiger partial charge in [-0.25, -0.2) is 0 Å². The second-order valence-corrected chi connectivity index (χ2v) is 5.39. The number of carbonyl (C=O) groups excluding carboxylic acids is 1.